The molecule has 264 valence electrons. The van der Waals surface area contributed by atoms with Gasteiger partial charge in [0.25, 0.3) is 0 Å². The van der Waals surface area contributed by atoms with Crippen LogP contribution in [0.4, 0.5) is 0 Å². The highest BCUT2D eigenvalue weighted by molar-refractivity contribution is 6.29. The van der Waals surface area contributed by atoms with Gasteiger partial charge in [0.05, 0.1) is 27.8 Å². The highest BCUT2D eigenvalue weighted by Gasteiger charge is 2.21. The van der Waals surface area contributed by atoms with Crippen molar-refractivity contribution >= 4 is 49.2 Å². The van der Waals surface area contributed by atoms with Crippen LogP contribution in [-0.2, 0) is 0 Å². The molecule has 2 nitrogen and oxygen atoms in total. The van der Waals surface area contributed by atoms with Crippen LogP contribution in [0.5, 0.6) is 0 Å². The molecule has 2 aromatic heterocycles. The number of hydrogen-bond donors (Lipinski definition) is 0. The largest absolute Gasteiger partial charge is 0.309 e. The van der Waals surface area contributed by atoms with E-state index in [0.717, 1.165) is 18.5 Å². The first-order valence-electron chi connectivity index (χ1n) is 19.6. The quantitative estimate of drug-likeness (QED) is 0.162. The summed E-state index contributed by atoms with van der Waals surface area (Å²) in [6.45, 7) is 0. The Bertz CT molecular complexity index is 3150. The molecule has 0 radical (unpaired) electrons. The minimum atomic E-state index is 1.10. The second kappa shape index (κ2) is 13.3. The Morgan fingerprint density at radius 3 is 1.64 bits per heavy atom. The number of hydrogen-bond acceptors (Lipinski definition) is 0. The Kier molecular flexibility index (Phi) is 7.67. The van der Waals surface area contributed by atoms with Gasteiger partial charge < -0.3 is 9.13 Å². The molecule has 2 heteroatoms. The van der Waals surface area contributed by atoms with Crippen LogP contribution in [0.25, 0.3) is 93.9 Å². The van der Waals surface area contributed by atoms with Gasteiger partial charge in [-0.3, -0.25) is 0 Å². The number of allylic oxidation sites excluding steroid dienone is 4. The van der Waals surface area contributed by atoms with Crippen molar-refractivity contribution in [2.75, 3.05) is 0 Å². The Morgan fingerprint density at radius 2 is 0.911 bits per heavy atom. The predicted molar refractivity (Wildman–Crippen MR) is 238 cm³/mol. The minimum absolute atomic E-state index is 1.10. The molecule has 0 amide bonds. The summed E-state index contributed by atoms with van der Waals surface area (Å²) < 4.78 is 4.91. The number of aromatic nitrogens is 2. The maximum Gasteiger partial charge on any atom is 0.0549 e. The zero-order valence-electron chi connectivity index (χ0n) is 30.9. The smallest absolute Gasteiger partial charge is 0.0549 e. The monoisotopic (exact) mass is 714 g/mol. The van der Waals surface area contributed by atoms with Crippen LogP contribution in [0.3, 0.4) is 0 Å². The lowest BCUT2D eigenvalue weighted by Gasteiger charge is -2.15. The van der Waals surface area contributed by atoms with Crippen molar-refractivity contribution < 1.29 is 0 Å². The molecule has 2 heterocycles. The van der Waals surface area contributed by atoms with Gasteiger partial charge in [-0.2, -0.15) is 0 Å². The lowest BCUT2D eigenvalue weighted by atomic mass is 9.96. The zero-order valence-corrected chi connectivity index (χ0v) is 30.9. The predicted octanol–water partition coefficient (Wildman–Crippen LogP) is 14.6. The maximum atomic E-state index is 2.47. The normalized spacial score (nSPS) is 12.9. The van der Waals surface area contributed by atoms with Crippen molar-refractivity contribution in [3.8, 4) is 44.8 Å². The number of benzene rings is 8. The number of rotatable bonds is 6. The van der Waals surface area contributed by atoms with Crippen LogP contribution in [0.2, 0.25) is 0 Å². The summed E-state index contributed by atoms with van der Waals surface area (Å²) >= 11 is 0. The lowest BCUT2D eigenvalue weighted by Crippen LogP contribution is -1.97. The molecule has 0 bridgehead atoms. The Hall–Kier alpha value is -7.16. The fourth-order valence-electron chi connectivity index (χ4n) is 8.95. The van der Waals surface area contributed by atoms with Gasteiger partial charge in [-0.05, 0) is 100 Å². The number of para-hydroxylation sites is 3. The first-order chi connectivity index (χ1) is 27.8. The minimum Gasteiger partial charge on any atom is -0.309 e. The Labute approximate surface area is 326 Å². The van der Waals surface area contributed by atoms with Crippen LogP contribution < -0.4 is 0 Å². The molecule has 1 aliphatic carbocycles. The van der Waals surface area contributed by atoms with Crippen molar-refractivity contribution in [1.29, 1.82) is 0 Å². The van der Waals surface area contributed by atoms with E-state index in [0.29, 0.717) is 0 Å². The van der Waals surface area contributed by atoms with Crippen molar-refractivity contribution in [2.45, 2.75) is 12.8 Å². The number of nitrogens with zero attached hydrogens (tertiary/aromatic N) is 2. The van der Waals surface area contributed by atoms with Crippen LogP contribution in [0.1, 0.15) is 18.4 Å². The van der Waals surface area contributed by atoms with E-state index in [1.165, 1.54) is 93.8 Å². The highest BCUT2D eigenvalue weighted by atomic mass is 15.0. The summed E-state index contributed by atoms with van der Waals surface area (Å²) in [5.41, 5.74) is 17.0. The van der Waals surface area contributed by atoms with Gasteiger partial charge in [0.2, 0.25) is 0 Å². The molecule has 0 N–H and O–H groups in total. The van der Waals surface area contributed by atoms with Crippen molar-refractivity contribution in [3.05, 3.63) is 212 Å². The molecule has 0 fully saturated rings. The van der Waals surface area contributed by atoms with Gasteiger partial charge >= 0.3 is 0 Å². The second-order valence-corrected chi connectivity index (χ2v) is 14.8. The molecule has 11 rings (SSSR count). The van der Waals surface area contributed by atoms with Crippen LogP contribution >= 0.6 is 0 Å². The average Bonchev–Trinajstić information content (AvgIpc) is 3.80. The van der Waals surface area contributed by atoms with Gasteiger partial charge in [-0.1, -0.05) is 158 Å². The third kappa shape index (κ3) is 5.26. The van der Waals surface area contributed by atoms with E-state index >= 15 is 0 Å². The molecule has 0 saturated heterocycles. The fraction of sp³-hybridized carbons (Fsp3) is 0.0370. The number of fused-ring (bicyclic) bond motifs is 7. The summed E-state index contributed by atoms with van der Waals surface area (Å²) in [5, 5.41) is 5.07. The van der Waals surface area contributed by atoms with E-state index in [-0.39, 0.29) is 0 Å². The third-order valence-electron chi connectivity index (χ3n) is 11.6. The molecular formula is C54H38N2. The van der Waals surface area contributed by atoms with E-state index in [2.05, 4.69) is 215 Å². The van der Waals surface area contributed by atoms with Crippen molar-refractivity contribution in [2.24, 2.45) is 0 Å². The van der Waals surface area contributed by atoms with Crippen LogP contribution in [-0.4, -0.2) is 9.13 Å². The average molecular weight is 715 g/mol. The third-order valence-corrected chi connectivity index (χ3v) is 11.6. The molecule has 56 heavy (non-hydrogen) atoms. The van der Waals surface area contributed by atoms with Gasteiger partial charge in [0.1, 0.15) is 0 Å². The van der Waals surface area contributed by atoms with Crippen molar-refractivity contribution in [3.63, 3.8) is 0 Å². The lowest BCUT2D eigenvalue weighted by molar-refractivity contribution is 1.04. The first-order valence-corrected chi connectivity index (χ1v) is 19.6. The summed E-state index contributed by atoms with van der Waals surface area (Å²) in [6.07, 6.45) is 9.11. The van der Waals surface area contributed by atoms with E-state index in [1.807, 2.05) is 0 Å². The topological polar surface area (TPSA) is 9.86 Å². The first kappa shape index (κ1) is 32.3. The maximum absolute atomic E-state index is 2.47. The molecule has 1 aliphatic rings. The summed E-state index contributed by atoms with van der Waals surface area (Å²) in [6, 6.07) is 68.9. The molecular weight excluding hydrogens is 677 g/mol. The Balaban J connectivity index is 1.07. The molecule has 0 spiro atoms. The molecule has 8 aromatic carbocycles. The van der Waals surface area contributed by atoms with Gasteiger partial charge in [0, 0.05) is 32.8 Å². The zero-order chi connectivity index (χ0) is 37.0. The molecule has 0 atom stereocenters. The standard InChI is InChI=1S/C54H38N2/c1-3-14-37(15-4-1)39-26-28-41(29-27-39)45-20-7-10-23-48(45)56-50-25-12-9-22-47(50)54-52(56)35-34-51-53(54)46-21-8-11-24-49(46)55(51)44-32-30-40(31-33-44)43-19-13-18-42(36-43)38-16-5-2-6-17-38/h1,3-5,7-36H,2,6H2. The van der Waals surface area contributed by atoms with Crippen LogP contribution in [0, 0.1) is 0 Å². The van der Waals surface area contributed by atoms with Crippen molar-refractivity contribution in [1.82, 2.24) is 9.13 Å². The SMILES string of the molecule is C1=CC(c2cccc(-c3ccc(-n4c5ccccc5c5c6c7ccccc7n(-c7ccccc7-c7ccc(-c8ccccc8)cc7)c6ccc54)cc3)c2)=CCC1. The fourth-order valence-corrected chi connectivity index (χ4v) is 8.95. The van der Waals surface area contributed by atoms with Crippen LogP contribution in [0.15, 0.2) is 206 Å². The Morgan fingerprint density at radius 1 is 0.357 bits per heavy atom. The van der Waals surface area contributed by atoms with E-state index < -0.39 is 0 Å². The molecule has 10 aromatic rings. The van der Waals surface area contributed by atoms with Gasteiger partial charge in [-0.15, -0.1) is 0 Å². The molecule has 0 aliphatic heterocycles. The summed E-state index contributed by atoms with van der Waals surface area (Å²) in [5.74, 6) is 0. The van der Waals surface area contributed by atoms with Gasteiger partial charge in [-0.25, -0.2) is 0 Å². The highest BCUT2D eigenvalue weighted by Crippen LogP contribution is 2.44. The summed E-state index contributed by atoms with van der Waals surface area (Å²) in [4.78, 5) is 0. The van der Waals surface area contributed by atoms with E-state index in [1.54, 1.807) is 0 Å². The van der Waals surface area contributed by atoms with Gasteiger partial charge in [0.15, 0.2) is 0 Å². The van der Waals surface area contributed by atoms with E-state index in [4.69, 9.17) is 0 Å². The summed E-state index contributed by atoms with van der Waals surface area (Å²) in [7, 11) is 0. The molecule has 0 saturated carbocycles. The second-order valence-electron chi connectivity index (χ2n) is 14.8. The van der Waals surface area contributed by atoms with E-state index in [9.17, 15) is 0 Å². The molecule has 0 unspecified atom stereocenters.